The van der Waals surface area contributed by atoms with Crippen molar-refractivity contribution in [3.63, 3.8) is 0 Å². The fourth-order valence-corrected chi connectivity index (χ4v) is 3.66. The molecule has 2 heterocycles. The highest BCUT2D eigenvalue weighted by Crippen LogP contribution is 2.33. The minimum absolute atomic E-state index is 0.594. The van der Waals surface area contributed by atoms with E-state index in [4.69, 9.17) is 17.3 Å². The molecule has 1 aromatic heterocycles. The summed E-state index contributed by atoms with van der Waals surface area (Å²) in [7, 11) is 0. The van der Waals surface area contributed by atoms with E-state index in [1.54, 1.807) is 6.33 Å². The van der Waals surface area contributed by atoms with Gasteiger partial charge in [0.05, 0.1) is 0 Å². The van der Waals surface area contributed by atoms with Gasteiger partial charge in [0, 0.05) is 23.0 Å². The molecule has 5 nitrogen and oxygen atoms in total. The number of anilines is 2. The molecular weight excluding hydrogens is 342 g/mol. The van der Waals surface area contributed by atoms with E-state index in [1.807, 2.05) is 24.3 Å². The summed E-state index contributed by atoms with van der Waals surface area (Å²) >= 11 is 7.43. The van der Waals surface area contributed by atoms with Gasteiger partial charge >= 0.3 is 0 Å². The summed E-state index contributed by atoms with van der Waals surface area (Å²) in [6.45, 7) is 4.24. The van der Waals surface area contributed by atoms with Gasteiger partial charge in [-0.2, -0.15) is 0 Å². The first-order valence-corrected chi connectivity index (χ1v) is 9.42. The number of nitrogens with one attached hydrogen (secondary N) is 1. The Morgan fingerprint density at radius 1 is 1.12 bits per heavy atom. The van der Waals surface area contributed by atoms with Crippen molar-refractivity contribution >= 4 is 34.9 Å². The predicted octanol–water partition coefficient (Wildman–Crippen LogP) is 3.76. The third-order valence-corrected chi connectivity index (χ3v) is 5.32. The van der Waals surface area contributed by atoms with Gasteiger partial charge in [-0.3, -0.25) is 0 Å². The average molecular weight is 364 g/mol. The lowest BCUT2D eigenvalue weighted by Crippen LogP contribution is -2.33. The van der Waals surface area contributed by atoms with Crippen molar-refractivity contribution in [3.8, 4) is 0 Å². The third-order valence-electron chi connectivity index (χ3n) is 4.04. The van der Waals surface area contributed by atoms with Crippen LogP contribution in [0.1, 0.15) is 19.3 Å². The van der Waals surface area contributed by atoms with Crippen LogP contribution in [0.5, 0.6) is 0 Å². The van der Waals surface area contributed by atoms with Crippen molar-refractivity contribution in [2.45, 2.75) is 29.2 Å². The van der Waals surface area contributed by atoms with Crippen LogP contribution in [0, 0.1) is 0 Å². The van der Waals surface area contributed by atoms with Crippen LogP contribution in [0.2, 0.25) is 5.02 Å². The molecule has 1 aliphatic rings. The van der Waals surface area contributed by atoms with E-state index >= 15 is 0 Å². The number of rotatable bonds is 6. The average Bonchev–Trinajstić information content (AvgIpc) is 2.61. The number of halogens is 1. The van der Waals surface area contributed by atoms with Gasteiger partial charge in [-0.15, -0.1) is 0 Å². The lowest BCUT2D eigenvalue weighted by atomic mass is 10.1. The summed E-state index contributed by atoms with van der Waals surface area (Å²) in [5.41, 5.74) is 6.83. The summed E-state index contributed by atoms with van der Waals surface area (Å²) in [6, 6.07) is 7.63. The molecule has 1 aromatic carbocycles. The van der Waals surface area contributed by atoms with Gasteiger partial charge in [0.1, 0.15) is 17.0 Å². The molecule has 128 valence electrons. The van der Waals surface area contributed by atoms with Gasteiger partial charge in [0.25, 0.3) is 0 Å². The maximum atomic E-state index is 6.23. The van der Waals surface area contributed by atoms with Crippen molar-refractivity contribution < 1.29 is 0 Å². The number of nitrogen functional groups attached to an aromatic ring is 1. The Hall–Kier alpha value is -1.50. The summed E-state index contributed by atoms with van der Waals surface area (Å²) in [6.07, 6.45) is 5.51. The largest absolute Gasteiger partial charge is 0.394 e. The second kappa shape index (κ2) is 8.55. The quantitative estimate of drug-likeness (QED) is 0.762. The molecule has 0 saturated carbocycles. The number of nitrogens with zero attached hydrogens (tertiary/aromatic N) is 3. The molecule has 7 heteroatoms. The molecule has 24 heavy (non-hydrogen) atoms. The van der Waals surface area contributed by atoms with Gasteiger partial charge in [-0.05, 0) is 50.2 Å². The van der Waals surface area contributed by atoms with Crippen LogP contribution in [0.15, 0.2) is 40.5 Å². The molecule has 3 N–H and O–H groups in total. The number of hydrogen-bond donors (Lipinski definition) is 2. The highest BCUT2D eigenvalue weighted by atomic mass is 35.5. The van der Waals surface area contributed by atoms with Crippen LogP contribution in [0.4, 0.5) is 11.5 Å². The summed E-state index contributed by atoms with van der Waals surface area (Å²) < 4.78 is 0. The zero-order valence-corrected chi connectivity index (χ0v) is 15.1. The van der Waals surface area contributed by atoms with E-state index in [0.717, 1.165) is 28.0 Å². The van der Waals surface area contributed by atoms with Crippen molar-refractivity contribution in [1.29, 1.82) is 0 Å². The van der Waals surface area contributed by atoms with Crippen LogP contribution in [0.25, 0.3) is 0 Å². The topological polar surface area (TPSA) is 67.1 Å². The van der Waals surface area contributed by atoms with Gasteiger partial charge < -0.3 is 16.0 Å². The first kappa shape index (κ1) is 17.3. The van der Waals surface area contributed by atoms with Gasteiger partial charge in [-0.1, -0.05) is 29.8 Å². The lowest BCUT2D eigenvalue weighted by molar-refractivity contribution is 0.237. The molecule has 0 bridgehead atoms. The van der Waals surface area contributed by atoms with Gasteiger partial charge in [0.2, 0.25) is 0 Å². The van der Waals surface area contributed by atoms with Crippen molar-refractivity contribution in [1.82, 2.24) is 14.9 Å². The maximum absolute atomic E-state index is 6.23. The zero-order valence-electron chi connectivity index (χ0n) is 13.5. The van der Waals surface area contributed by atoms with Gasteiger partial charge in [-0.25, -0.2) is 9.97 Å². The predicted molar refractivity (Wildman–Crippen MR) is 101 cm³/mol. The minimum Gasteiger partial charge on any atom is -0.394 e. The Labute approximate surface area is 152 Å². The normalized spacial score (nSPS) is 15.4. The monoisotopic (exact) mass is 363 g/mol. The summed E-state index contributed by atoms with van der Waals surface area (Å²) in [5, 5.41) is 4.82. The van der Waals surface area contributed by atoms with Crippen molar-refractivity contribution in [2.75, 3.05) is 37.2 Å². The molecule has 2 aromatic rings. The molecule has 1 saturated heterocycles. The Morgan fingerprint density at radius 3 is 2.62 bits per heavy atom. The fraction of sp³-hybridized carbons (Fsp3) is 0.412. The highest BCUT2D eigenvalue weighted by molar-refractivity contribution is 7.99. The SMILES string of the molecule is Nc1c(NCCN2CCCCC2)ncnc1Sc1ccc(Cl)cc1. The fourth-order valence-electron chi connectivity index (χ4n) is 2.73. The Bertz CT molecular complexity index is 659. The zero-order chi connectivity index (χ0) is 16.8. The highest BCUT2D eigenvalue weighted by Gasteiger charge is 2.12. The van der Waals surface area contributed by atoms with Crippen LogP contribution in [-0.4, -0.2) is 41.0 Å². The van der Waals surface area contributed by atoms with E-state index in [0.29, 0.717) is 11.5 Å². The molecular formula is C17H22ClN5S. The van der Waals surface area contributed by atoms with E-state index in [9.17, 15) is 0 Å². The van der Waals surface area contributed by atoms with Gasteiger partial charge in [0.15, 0.2) is 5.82 Å². The number of hydrogen-bond acceptors (Lipinski definition) is 6. The molecule has 0 spiro atoms. The number of nitrogens with two attached hydrogens (primary N) is 1. The molecule has 0 unspecified atom stereocenters. The third kappa shape index (κ3) is 4.75. The molecule has 3 rings (SSSR count). The number of likely N-dealkylation sites (tertiary alicyclic amines) is 1. The Kier molecular flexibility index (Phi) is 6.18. The van der Waals surface area contributed by atoms with E-state index < -0.39 is 0 Å². The minimum atomic E-state index is 0.594. The second-order valence-corrected chi connectivity index (χ2v) is 7.32. The number of benzene rings is 1. The van der Waals surface area contributed by atoms with E-state index in [2.05, 4.69) is 20.2 Å². The lowest BCUT2D eigenvalue weighted by Gasteiger charge is -2.26. The van der Waals surface area contributed by atoms with Crippen LogP contribution in [0.3, 0.4) is 0 Å². The molecule has 0 atom stereocenters. The van der Waals surface area contributed by atoms with Crippen molar-refractivity contribution in [2.24, 2.45) is 0 Å². The van der Waals surface area contributed by atoms with E-state index in [1.165, 1.54) is 44.1 Å². The molecule has 1 fully saturated rings. The number of piperidine rings is 1. The molecule has 0 aliphatic carbocycles. The number of aromatic nitrogens is 2. The second-order valence-electron chi connectivity index (χ2n) is 5.83. The Balaban J connectivity index is 1.59. The molecule has 0 radical (unpaired) electrons. The van der Waals surface area contributed by atoms with Crippen LogP contribution >= 0.6 is 23.4 Å². The van der Waals surface area contributed by atoms with E-state index in [-0.39, 0.29) is 0 Å². The molecule has 1 aliphatic heterocycles. The summed E-state index contributed by atoms with van der Waals surface area (Å²) in [5.74, 6) is 0.707. The maximum Gasteiger partial charge on any atom is 0.153 e. The Morgan fingerprint density at radius 2 is 1.88 bits per heavy atom. The standard InChI is InChI=1S/C17H22ClN5S/c18-13-4-6-14(7-5-13)24-17-15(19)16(21-12-22-17)20-8-11-23-9-2-1-3-10-23/h4-7,12H,1-3,8-11,19H2,(H,20,21,22). The van der Waals surface area contributed by atoms with Crippen LogP contribution < -0.4 is 11.1 Å². The molecule has 0 amide bonds. The first-order valence-electron chi connectivity index (χ1n) is 8.22. The van der Waals surface area contributed by atoms with Crippen molar-refractivity contribution in [3.05, 3.63) is 35.6 Å². The summed E-state index contributed by atoms with van der Waals surface area (Å²) in [4.78, 5) is 12.1. The first-order chi connectivity index (χ1) is 11.7. The van der Waals surface area contributed by atoms with Crippen LogP contribution in [-0.2, 0) is 0 Å². The smallest absolute Gasteiger partial charge is 0.153 e.